The highest BCUT2D eigenvalue weighted by Gasteiger charge is 2.48. The molecule has 5 heteroatoms. The molecule has 144 valence electrons. The van der Waals surface area contributed by atoms with E-state index in [1.807, 2.05) is 12.1 Å². The highest BCUT2D eigenvalue weighted by atomic mass is 35.5. The molecule has 1 spiro atoms. The Morgan fingerprint density at radius 1 is 1.07 bits per heavy atom. The third kappa shape index (κ3) is 3.51. The number of carbonyl (C=O) groups is 1. The van der Waals surface area contributed by atoms with Gasteiger partial charge in [0.2, 0.25) is 0 Å². The van der Waals surface area contributed by atoms with Gasteiger partial charge in [0.1, 0.15) is 16.4 Å². The zero-order valence-electron chi connectivity index (χ0n) is 16.0. The van der Waals surface area contributed by atoms with E-state index < -0.39 is 5.66 Å². The zero-order valence-corrected chi connectivity index (χ0v) is 17.5. The third-order valence-electron chi connectivity index (χ3n) is 5.63. The topological polar surface area (TPSA) is 32.7 Å². The highest BCUT2D eigenvalue weighted by Crippen LogP contribution is 2.40. The molecule has 1 aliphatic heterocycles. The van der Waals surface area contributed by atoms with Crippen LogP contribution in [0.5, 0.6) is 0 Å². The van der Waals surface area contributed by atoms with Crippen molar-refractivity contribution in [3.8, 4) is 0 Å². The van der Waals surface area contributed by atoms with E-state index >= 15 is 0 Å². The quantitative estimate of drug-likeness (QED) is 0.571. The van der Waals surface area contributed by atoms with Crippen molar-refractivity contribution in [3.63, 3.8) is 0 Å². The summed E-state index contributed by atoms with van der Waals surface area (Å²) < 4.78 is 0. The number of aryl methyl sites for hydroxylation is 1. The van der Waals surface area contributed by atoms with Crippen LogP contribution in [0.4, 0.5) is 0 Å². The number of carbonyl (C=O) groups excluding carboxylic acids is 1. The molecule has 4 rings (SSSR count). The minimum atomic E-state index is -0.566. The van der Waals surface area contributed by atoms with Crippen molar-refractivity contribution < 1.29 is 4.79 Å². The molecule has 1 heterocycles. The summed E-state index contributed by atoms with van der Waals surface area (Å²) >= 11 is 11.8. The van der Waals surface area contributed by atoms with Gasteiger partial charge in [0.15, 0.2) is 0 Å². The molecule has 0 saturated heterocycles. The number of amides is 1. The van der Waals surface area contributed by atoms with E-state index in [1.54, 1.807) is 29.2 Å². The fourth-order valence-electron chi connectivity index (χ4n) is 4.21. The van der Waals surface area contributed by atoms with Crippen molar-refractivity contribution >= 4 is 40.4 Å². The normalized spacial score (nSPS) is 18.9. The van der Waals surface area contributed by atoms with Crippen LogP contribution < -0.4 is 0 Å². The van der Waals surface area contributed by atoms with Crippen molar-refractivity contribution in [1.29, 1.82) is 0 Å². The van der Waals surface area contributed by atoms with Crippen molar-refractivity contribution in [2.45, 2.75) is 51.1 Å². The molecule has 1 saturated carbocycles. The number of nitrogens with zero attached hydrogens (tertiary/aromatic N) is 2. The van der Waals surface area contributed by atoms with E-state index in [4.69, 9.17) is 28.8 Å². The second kappa shape index (κ2) is 7.76. The number of hydrogen-bond acceptors (Lipinski definition) is 3. The van der Waals surface area contributed by atoms with Gasteiger partial charge in [-0.1, -0.05) is 60.4 Å². The van der Waals surface area contributed by atoms with E-state index in [0.717, 1.165) is 42.5 Å². The van der Waals surface area contributed by atoms with E-state index in [0.29, 0.717) is 15.6 Å². The molecule has 2 aromatic rings. The summed E-state index contributed by atoms with van der Waals surface area (Å²) in [5.74, 6) is -0.0880. The predicted octanol–water partition coefficient (Wildman–Crippen LogP) is 5.97. The Morgan fingerprint density at radius 2 is 1.75 bits per heavy atom. The van der Waals surface area contributed by atoms with Crippen molar-refractivity contribution in [3.05, 3.63) is 70.2 Å². The van der Waals surface area contributed by atoms with Crippen LogP contribution in [0.15, 0.2) is 53.5 Å². The number of hydrogen-bond donors (Lipinski definition) is 0. The van der Waals surface area contributed by atoms with Gasteiger partial charge in [-0.3, -0.25) is 14.7 Å². The average molecular weight is 411 g/mol. The Bertz CT molecular complexity index is 943. The lowest BCUT2D eigenvalue weighted by atomic mass is 9.99. The summed E-state index contributed by atoms with van der Waals surface area (Å²) in [6, 6.07) is 15.2. The van der Waals surface area contributed by atoms with Gasteiger partial charge in [0, 0.05) is 16.1 Å². The monoisotopic (exact) mass is 410 g/mol. The number of aliphatic imine (C=N–C) groups is 1. The largest absolute Gasteiger partial charge is 0.271 e. The molecular weight excluding hydrogens is 388 g/mol. The molecule has 1 fully saturated rings. The van der Waals surface area contributed by atoms with Crippen molar-refractivity contribution in [2.75, 3.05) is 0 Å². The molecule has 2 aromatic carbocycles. The maximum Gasteiger partial charge on any atom is 0.260 e. The van der Waals surface area contributed by atoms with Crippen LogP contribution in [0.25, 0.3) is 0 Å². The molecule has 0 atom stereocenters. The van der Waals surface area contributed by atoms with Crippen molar-refractivity contribution in [2.24, 2.45) is 4.99 Å². The summed E-state index contributed by atoms with van der Waals surface area (Å²) in [7, 11) is 0. The predicted molar refractivity (Wildman–Crippen MR) is 118 cm³/mol. The highest BCUT2D eigenvalue weighted by molar-refractivity contribution is 7.82. The molecule has 3 nitrogen and oxygen atoms in total. The van der Waals surface area contributed by atoms with Gasteiger partial charge in [0.25, 0.3) is 5.91 Å². The summed E-state index contributed by atoms with van der Waals surface area (Å²) in [5.41, 5.74) is 2.93. The van der Waals surface area contributed by atoms with Gasteiger partial charge in [-0.05, 0) is 62.9 Å². The van der Waals surface area contributed by atoms with Crippen LogP contribution in [0.3, 0.4) is 0 Å². The molecule has 0 aromatic heterocycles. The van der Waals surface area contributed by atoms with Crippen LogP contribution in [0, 0.1) is 6.92 Å². The van der Waals surface area contributed by atoms with Gasteiger partial charge in [-0.25, -0.2) is 0 Å². The number of halogens is 1. The van der Waals surface area contributed by atoms with Gasteiger partial charge < -0.3 is 0 Å². The molecule has 1 amide bonds. The summed E-state index contributed by atoms with van der Waals surface area (Å²) in [4.78, 5) is 21.0. The van der Waals surface area contributed by atoms with E-state index in [2.05, 4.69) is 19.1 Å². The maximum atomic E-state index is 13.5. The fraction of sp³-hybridized carbons (Fsp3) is 0.348. The Hall–Kier alpha value is -2.04. The van der Waals surface area contributed by atoms with Crippen molar-refractivity contribution in [1.82, 2.24) is 4.90 Å². The van der Waals surface area contributed by atoms with Gasteiger partial charge >= 0.3 is 0 Å². The lowest BCUT2D eigenvalue weighted by Crippen LogP contribution is -2.49. The van der Waals surface area contributed by atoms with Crippen LogP contribution in [0.2, 0.25) is 5.02 Å². The zero-order chi connectivity index (χ0) is 19.7. The third-order valence-corrected chi connectivity index (χ3v) is 6.26. The second-order valence-corrected chi connectivity index (χ2v) is 8.50. The second-order valence-electron chi connectivity index (χ2n) is 7.68. The average Bonchev–Trinajstić information content (AvgIpc) is 2.82. The maximum absolute atomic E-state index is 13.5. The molecular formula is C23H23ClN2OS. The number of rotatable bonds is 2. The molecule has 0 radical (unpaired) electrons. The summed E-state index contributed by atoms with van der Waals surface area (Å²) in [6.07, 6.45) is 6.15. The van der Waals surface area contributed by atoms with Gasteiger partial charge in [-0.2, -0.15) is 0 Å². The molecule has 0 bridgehead atoms. The summed E-state index contributed by atoms with van der Waals surface area (Å²) in [5, 5.41) is 0.612. The smallest absolute Gasteiger partial charge is 0.260 e. The first-order valence-electron chi connectivity index (χ1n) is 9.82. The first-order chi connectivity index (χ1) is 13.5. The Labute approximate surface area is 176 Å². The van der Waals surface area contributed by atoms with Crippen LogP contribution in [-0.2, 0) is 0 Å². The van der Waals surface area contributed by atoms with E-state index in [-0.39, 0.29) is 5.91 Å². The fourth-order valence-corrected chi connectivity index (χ4v) is 4.76. The minimum Gasteiger partial charge on any atom is -0.271 e. The SMILES string of the molecule is Cc1cccc(C2=NC3(CCCCCC3)N(C(=O)c3ccc(Cl)cc3)C2=S)c1. The lowest BCUT2D eigenvalue weighted by Gasteiger charge is -2.35. The Kier molecular flexibility index (Phi) is 5.35. The molecule has 0 unspecified atom stereocenters. The Balaban J connectivity index is 1.78. The minimum absolute atomic E-state index is 0.0880. The first kappa shape index (κ1) is 19.3. The molecule has 0 N–H and O–H groups in total. The molecule has 28 heavy (non-hydrogen) atoms. The lowest BCUT2D eigenvalue weighted by molar-refractivity contribution is 0.0692. The number of thiocarbonyl (C=S) groups is 1. The van der Waals surface area contributed by atoms with Crippen LogP contribution >= 0.6 is 23.8 Å². The van der Waals surface area contributed by atoms with Gasteiger partial charge in [0.05, 0.1) is 0 Å². The molecule has 2 aliphatic rings. The van der Waals surface area contributed by atoms with E-state index in [1.165, 1.54) is 12.8 Å². The first-order valence-corrected chi connectivity index (χ1v) is 10.6. The Morgan fingerprint density at radius 3 is 2.39 bits per heavy atom. The molecule has 1 aliphatic carbocycles. The van der Waals surface area contributed by atoms with Crippen LogP contribution in [-0.4, -0.2) is 27.2 Å². The number of benzene rings is 2. The summed E-state index contributed by atoms with van der Waals surface area (Å²) in [6.45, 7) is 2.06. The van der Waals surface area contributed by atoms with Gasteiger partial charge in [-0.15, -0.1) is 0 Å². The van der Waals surface area contributed by atoms with Crippen LogP contribution in [0.1, 0.15) is 60.0 Å². The standard InChI is InChI=1S/C23H23ClN2OS/c1-16-7-6-8-18(15-16)20-22(28)26(21(27)17-9-11-19(24)12-10-17)23(25-20)13-4-2-3-5-14-23/h6-12,15H,2-5,13-14H2,1H3. The van der Waals surface area contributed by atoms with E-state index in [9.17, 15) is 4.79 Å².